The quantitative estimate of drug-likeness (QED) is 0.810. The monoisotopic (exact) mass is 354 g/mol. The molecule has 0 atom stereocenters. The van der Waals surface area contributed by atoms with Crippen LogP contribution in [-0.2, 0) is 17.8 Å². The zero-order chi connectivity index (χ0) is 18.4. The number of nitrogens with zero attached hydrogens (tertiary/aromatic N) is 1. The molecular weight excluding hydrogens is 327 g/mol. The minimum Gasteiger partial charge on any atom is -0.325 e. The van der Waals surface area contributed by atoms with E-state index in [2.05, 4.69) is 23.3 Å². The van der Waals surface area contributed by atoms with E-state index in [4.69, 9.17) is 0 Å². The highest BCUT2D eigenvalue weighted by Crippen LogP contribution is 2.25. The summed E-state index contributed by atoms with van der Waals surface area (Å²) in [6.45, 7) is 0.821. The Labute approximate surface area is 155 Å². The third-order valence-corrected chi connectivity index (χ3v) is 5.16. The molecule has 0 saturated heterocycles. The van der Waals surface area contributed by atoms with E-state index in [1.807, 2.05) is 18.2 Å². The molecule has 1 saturated carbocycles. The second kappa shape index (κ2) is 8.95. The summed E-state index contributed by atoms with van der Waals surface area (Å²) >= 11 is 0. The van der Waals surface area contributed by atoms with Crippen molar-refractivity contribution < 1.29 is 9.18 Å². The van der Waals surface area contributed by atoms with Crippen LogP contribution in [0, 0.1) is 5.82 Å². The maximum Gasteiger partial charge on any atom is 0.228 e. The minimum atomic E-state index is -0.315. The number of para-hydroxylation sites is 1. The highest BCUT2D eigenvalue weighted by atomic mass is 19.1. The average molecular weight is 354 g/mol. The van der Waals surface area contributed by atoms with Crippen LogP contribution in [0.1, 0.15) is 43.2 Å². The second-order valence-electron chi connectivity index (χ2n) is 7.22. The van der Waals surface area contributed by atoms with Gasteiger partial charge in [0.15, 0.2) is 0 Å². The van der Waals surface area contributed by atoms with Crippen molar-refractivity contribution in [1.29, 1.82) is 0 Å². The fourth-order valence-corrected chi connectivity index (χ4v) is 3.73. The van der Waals surface area contributed by atoms with Crippen LogP contribution in [0.2, 0.25) is 0 Å². The van der Waals surface area contributed by atoms with E-state index in [9.17, 15) is 9.18 Å². The molecule has 26 heavy (non-hydrogen) atoms. The zero-order valence-corrected chi connectivity index (χ0v) is 15.4. The van der Waals surface area contributed by atoms with E-state index in [1.165, 1.54) is 44.2 Å². The number of hydrogen-bond donors (Lipinski definition) is 1. The molecule has 1 aliphatic rings. The van der Waals surface area contributed by atoms with E-state index in [0.717, 1.165) is 17.8 Å². The number of nitrogens with one attached hydrogen (secondary N) is 1. The van der Waals surface area contributed by atoms with Crippen molar-refractivity contribution in [2.45, 2.75) is 51.1 Å². The lowest BCUT2D eigenvalue weighted by Crippen LogP contribution is -2.33. The van der Waals surface area contributed by atoms with Crippen molar-refractivity contribution in [2.24, 2.45) is 0 Å². The third-order valence-electron chi connectivity index (χ3n) is 5.16. The molecule has 1 amide bonds. The number of benzene rings is 2. The maximum absolute atomic E-state index is 13.3. The number of anilines is 1. The number of carbonyl (C=O) groups excluding carboxylic acids is 1. The molecule has 0 spiro atoms. The van der Waals surface area contributed by atoms with Crippen molar-refractivity contribution in [3.63, 3.8) is 0 Å². The molecule has 1 N–H and O–H groups in total. The van der Waals surface area contributed by atoms with Crippen molar-refractivity contribution in [1.82, 2.24) is 4.90 Å². The Hall–Kier alpha value is -2.20. The van der Waals surface area contributed by atoms with Gasteiger partial charge in [0.1, 0.15) is 5.82 Å². The Morgan fingerprint density at radius 2 is 1.88 bits per heavy atom. The SMILES string of the molecule is CN(Cc1ccccc1NC(=O)Cc1cccc(F)c1)C1CCCCC1. The van der Waals surface area contributed by atoms with Crippen molar-refractivity contribution >= 4 is 11.6 Å². The lowest BCUT2D eigenvalue weighted by molar-refractivity contribution is -0.115. The van der Waals surface area contributed by atoms with Crippen LogP contribution in [0.5, 0.6) is 0 Å². The first-order valence-corrected chi connectivity index (χ1v) is 9.44. The topological polar surface area (TPSA) is 32.3 Å². The fourth-order valence-electron chi connectivity index (χ4n) is 3.73. The van der Waals surface area contributed by atoms with E-state index in [1.54, 1.807) is 12.1 Å². The van der Waals surface area contributed by atoms with Crippen LogP contribution < -0.4 is 5.32 Å². The predicted octanol–water partition coefficient (Wildman–Crippen LogP) is 4.77. The third kappa shape index (κ3) is 5.15. The van der Waals surface area contributed by atoms with Gasteiger partial charge in [-0.25, -0.2) is 4.39 Å². The predicted molar refractivity (Wildman–Crippen MR) is 104 cm³/mol. The Balaban J connectivity index is 1.63. The maximum atomic E-state index is 13.3. The molecule has 0 heterocycles. The molecule has 0 unspecified atom stereocenters. The molecule has 0 aromatic heterocycles. The van der Waals surface area contributed by atoms with Crippen molar-refractivity contribution in [2.75, 3.05) is 12.4 Å². The summed E-state index contributed by atoms with van der Waals surface area (Å²) in [5.41, 5.74) is 2.64. The Morgan fingerprint density at radius 3 is 2.65 bits per heavy atom. The molecule has 3 rings (SSSR count). The van der Waals surface area contributed by atoms with E-state index in [-0.39, 0.29) is 18.1 Å². The first-order valence-electron chi connectivity index (χ1n) is 9.44. The van der Waals surface area contributed by atoms with Crippen LogP contribution in [0.3, 0.4) is 0 Å². The highest BCUT2D eigenvalue weighted by molar-refractivity contribution is 5.93. The summed E-state index contributed by atoms with van der Waals surface area (Å²) < 4.78 is 13.3. The molecule has 0 bridgehead atoms. The van der Waals surface area contributed by atoms with Crippen molar-refractivity contribution in [3.05, 3.63) is 65.5 Å². The van der Waals surface area contributed by atoms with Gasteiger partial charge >= 0.3 is 0 Å². The summed E-state index contributed by atoms with van der Waals surface area (Å²) in [6, 6.07) is 14.8. The number of rotatable bonds is 6. The average Bonchev–Trinajstić information content (AvgIpc) is 2.64. The van der Waals surface area contributed by atoms with Gasteiger partial charge in [0, 0.05) is 18.3 Å². The normalized spacial score (nSPS) is 15.2. The highest BCUT2D eigenvalue weighted by Gasteiger charge is 2.19. The van der Waals surface area contributed by atoms with Gasteiger partial charge in [0.25, 0.3) is 0 Å². The van der Waals surface area contributed by atoms with Crippen LogP contribution in [0.15, 0.2) is 48.5 Å². The van der Waals surface area contributed by atoms with E-state index in [0.29, 0.717) is 11.6 Å². The van der Waals surface area contributed by atoms with Crippen LogP contribution in [0.4, 0.5) is 10.1 Å². The van der Waals surface area contributed by atoms with Gasteiger partial charge in [-0.2, -0.15) is 0 Å². The molecule has 0 aliphatic heterocycles. The molecule has 2 aromatic carbocycles. The van der Waals surface area contributed by atoms with Gasteiger partial charge in [0.05, 0.1) is 6.42 Å². The first kappa shape index (κ1) is 18.6. The van der Waals surface area contributed by atoms with Gasteiger partial charge in [0.2, 0.25) is 5.91 Å². The fraction of sp³-hybridized carbons (Fsp3) is 0.409. The molecule has 4 heteroatoms. The van der Waals surface area contributed by atoms with Gasteiger partial charge in [-0.15, -0.1) is 0 Å². The number of carbonyl (C=O) groups is 1. The summed E-state index contributed by atoms with van der Waals surface area (Å²) in [4.78, 5) is 14.8. The number of amides is 1. The molecular formula is C22H27FN2O. The van der Waals surface area contributed by atoms with Gasteiger partial charge in [-0.05, 0) is 49.2 Å². The summed E-state index contributed by atoms with van der Waals surface area (Å²) in [5.74, 6) is -0.437. The first-order chi connectivity index (χ1) is 12.6. The molecule has 3 nitrogen and oxygen atoms in total. The Kier molecular flexibility index (Phi) is 6.40. The van der Waals surface area contributed by atoms with Crippen LogP contribution >= 0.6 is 0 Å². The molecule has 2 aromatic rings. The second-order valence-corrected chi connectivity index (χ2v) is 7.22. The van der Waals surface area contributed by atoms with Crippen molar-refractivity contribution in [3.8, 4) is 0 Å². The molecule has 138 valence electrons. The van der Waals surface area contributed by atoms with Crippen LogP contribution in [-0.4, -0.2) is 23.9 Å². The molecule has 0 radical (unpaired) electrons. The smallest absolute Gasteiger partial charge is 0.228 e. The van der Waals surface area contributed by atoms with Gasteiger partial charge < -0.3 is 5.32 Å². The zero-order valence-electron chi connectivity index (χ0n) is 15.4. The largest absolute Gasteiger partial charge is 0.325 e. The lowest BCUT2D eigenvalue weighted by atomic mass is 9.94. The Morgan fingerprint density at radius 1 is 1.12 bits per heavy atom. The standard InChI is InChI=1S/C22H27FN2O/c1-25(20-11-3-2-4-12-20)16-18-9-5-6-13-21(18)24-22(26)15-17-8-7-10-19(23)14-17/h5-10,13-14,20H,2-4,11-12,15-16H2,1H3,(H,24,26). The van der Waals surface area contributed by atoms with Crippen LogP contribution in [0.25, 0.3) is 0 Å². The Bertz CT molecular complexity index is 740. The lowest BCUT2D eigenvalue weighted by Gasteiger charge is -2.31. The molecule has 1 fully saturated rings. The van der Waals surface area contributed by atoms with E-state index >= 15 is 0 Å². The summed E-state index contributed by atoms with van der Waals surface area (Å²) in [6.07, 6.45) is 6.64. The number of hydrogen-bond acceptors (Lipinski definition) is 2. The van der Waals surface area contributed by atoms with Gasteiger partial charge in [-0.3, -0.25) is 9.69 Å². The molecule has 1 aliphatic carbocycles. The summed E-state index contributed by atoms with van der Waals surface area (Å²) in [7, 11) is 2.17. The summed E-state index contributed by atoms with van der Waals surface area (Å²) in [5, 5.41) is 3.00. The van der Waals surface area contributed by atoms with E-state index < -0.39 is 0 Å². The number of halogens is 1. The minimum absolute atomic E-state index is 0.122. The van der Waals surface area contributed by atoms with Gasteiger partial charge in [-0.1, -0.05) is 49.6 Å².